The molecule has 0 saturated carbocycles. The van der Waals surface area contributed by atoms with E-state index in [1.165, 1.54) is 0 Å². The number of benzene rings is 2. The number of carboxylic acids is 1. The van der Waals surface area contributed by atoms with Gasteiger partial charge >= 0.3 is 5.97 Å². The largest absolute Gasteiger partial charge is 0.478 e. The number of aromatic carboxylic acids is 1. The molecule has 2 aromatic carbocycles. The summed E-state index contributed by atoms with van der Waals surface area (Å²) >= 11 is 0. The summed E-state index contributed by atoms with van der Waals surface area (Å²) in [6.07, 6.45) is 0.793. The normalized spacial score (nSPS) is 17.5. The zero-order valence-corrected chi connectivity index (χ0v) is 14.6. The SMILES string of the molecule is CC(C)(C(=O)N1CC[C@H](c2ccccc2C(=O)O)C1)c1ccccc1. The van der Waals surface area contributed by atoms with E-state index in [-0.39, 0.29) is 11.8 Å². The second kappa shape index (κ2) is 6.71. The van der Waals surface area contributed by atoms with Gasteiger partial charge in [-0.05, 0) is 37.5 Å². The van der Waals surface area contributed by atoms with Crippen molar-refractivity contribution in [1.29, 1.82) is 0 Å². The van der Waals surface area contributed by atoms with Gasteiger partial charge in [-0.25, -0.2) is 4.79 Å². The summed E-state index contributed by atoms with van der Waals surface area (Å²) in [4.78, 5) is 26.4. The first-order chi connectivity index (χ1) is 11.9. The van der Waals surface area contributed by atoms with Gasteiger partial charge in [-0.1, -0.05) is 48.5 Å². The minimum atomic E-state index is -0.912. The van der Waals surface area contributed by atoms with Crippen molar-refractivity contribution >= 4 is 11.9 Å². The lowest BCUT2D eigenvalue weighted by atomic mass is 9.83. The molecule has 1 atom stereocenters. The van der Waals surface area contributed by atoms with Crippen LogP contribution < -0.4 is 0 Å². The van der Waals surface area contributed by atoms with Gasteiger partial charge in [0.25, 0.3) is 0 Å². The average Bonchev–Trinajstić information content (AvgIpc) is 3.11. The molecule has 1 N–H and O–H groups in total. The molecule has 0 unspecified atom stereocenters. The summed E-state index contributed by atoms with van der Waals surface area (Å²) in [5, 5.41) is 9.40. The quantitative estimate of drug-likeness (QED) is 0.926. The predicted octanol–water partition coefficient (Wildman–Crippen LogP) is 3.68. The molecular weight excluding hydrogens is 314 g/mol. The Morgan fingerprint density at radius 2 is 1.68 bits per heavy atom. The fourth-order valence-electron chi connectivity index (χ4n) is 3.62. The van der Waals surface area contributed by atoms with Crippen molar-refractivity contribution in [2.24, 2.45) is 0 Å². The first kappa shape index (κ1) is 17.2. The van der Waals surface area contributed by atoms with Gasteiger partial charge in [-0.2, -0.15) is 0 Å². The molecule has 1 aliphatic heterocycles. The molecule has 0 spiro atoms. The molecule has 2 aromatic rings. The van der Waals surface area contributed by atoms with Crippen LogP contribution >= 0.6 is 0 Å². The Morgan fingerprint density at radius 1 is 1.04 bits per heavy atom. The molecule has 1 aliphatic rings. The number of hydrogen-bond donors (Lipinski definition) is 1. The Balaban J connectivity index is 1.79. The molecule has 0 bridgehead atoms. The Bertz CT molecular complexity index is 783. The van der Waals surface area contributed by atoms with Crippen molar-refractivity contribution in [3.63, 3.8) is 0 Å². The monoisotopic (exact) mass is 337 g/mol. The minimum Gasteiger partial charge on any atom is -0.478 e. The summed E-state index contributed by atoms with van der Waals surface area (Å²) in [6.45, 7) is 5.12. The maximum absolute atomic E-state index is 13.1. The van der Waals surface area contributed by atoms with Gasteiger partial charge < -0.3 is 10.0 Å². The number of carbonyl (C=O) groups is 2. The molecule has 0 aliphatic carbocycles. The second-order valence-electron chi connectivity index (χ2n) is 7.12. The molecule has 25 heavy (non-hydrogen) atoms. The van der Waals surface area contributed by atoms with Crippen LogP contribution in [0.1, 0.15) is 47.7 Å². The van der Waals surface area contributed by atoms with Crippen molar-refractivity contribution in [3.8, 4) is 0 Å². The van der Waals surface area contributed by atoms with Gasteiger partial charge in [0.15, 0.2) is 0 Å². The van der Waals surface area contributed by atoms with Gasteiger partial charge in [0.2, 0.25) is 5.91 Å². The van der Waals surface area contributed by atoms with Crippen LogP contribution in [0.4, 0.5) is 0 Å². The number of carboxylic acid groups (broad SMARTS) is 1. The number of nitrogens with zero attached hydrogens (tertiary/aromatic N) is 1. The number of likely N-dealkylation sites (tertiary alicyclic amines) is 1. The van der Waals surface area contributed by atoms with E-state index in [0.29, 0.717) is 18.7 Å². The summed E-state index contributed by atoms with van der Waals surface area (Å²) in [7, 11) is 0. The van der Waals surface area contributed by atoms with E-state index in [1.807, 2.05) is 61.2 Å². The molecule has 4 heteroatoms. The Hall–Kier alpha value is -2.62. The van der Waals surface area contributed by atoms with E-state index in [9.17, 15) is 14.7 Å². The van der Waals surface area contributed by atoms with Gasteiger partial charge in [-0.15, -0.1) is 0 Å². The maximum atomic E-state index is 13.1. The number of rotatable bonds is 4. The highest BCUT2D eigenvalue weighted by molar-refractivity contribution is 5.90. The lowest BCUT2D eigenvalue weighted by Crippen LogP contribution is -2.42. The van der Waals surface area contributed by atoms with E-state index in [1.54, 1.807) is 12.1 Å². The highest BCUT2D eigenvalue weighted by Gasteiger charge is 2.38. The van der Waals surface area contributed by atoms with Crippen LogP contribution in [0.5, 0.6) is 0 Å². The van der Waals surface area contributed by atoms with E-state index < -0.39 is 11.4 Å². The van der Waals surface area contributed by atoms with Crippen LogP contribution in [0.2, 0.25) is 0 Å². The Kier molecular flexibility index (Phi) is 4.62. The van der Waals surface area contributed by atoms with E-state index in [2.05, 4.69) is 0 Å². The van der Waals surface area contributed by atoms with Crippen LogP contribution in [0.15, 0.2) is 54.6 Å². The smallest absolute Gasteiger partial charge is 0.335 e. The fraction of sp³-hybridized carbons (Fsp3) is 0.333. The highest BCUT2D eigenvalue weighted by atomic mass is 16.4. The third kappa shape index (κ3) is 3.29. The van der Waals surface area contributed by atoms with Gasteiger partial charge in [0.1, 0.15) is 0 Å². The lowest BCUT2D eigenvalue weighted by molar-refractivity contribution is -0.135. The van der Waals surface area contributed by atoms with Crippen molar-refractivity contribution in [2.45, 2.75) is 31.6 Å². The number of carbonyl (C=O) groups excluding carboxylic acids is 1. The van der Waals surface area contributed by atoms with Crippen molar-refractivity contribution < 1.29 is 14.7 Å². The third-order valence-electron chi connectivity index (χ3n) is 5.14. The molecule has 1 fully saturated rings. The zero-order chi connectivity index (χ0) is 18.0. The molecule has 4 nitrogen and oxygen atoms in total. The molecule has 1 amide bonds. The molecule has 3 rings (SSSR count). The highest BCUT2D eigenvalue weighted by Crippen LogP contribution is 2.33. The van der Waals surface area contributed by atoms with Crippen molar-refractivity contribution in [3.05, 3.63) is 71.3 Å². The zero-order valence-electron chi connectivity index (χ0n) is 14.6. The van der Waals surface area contributed by atoms with Crippen LogP contribution in [0.25, 0.3) is 0 Å². The lowest BCUT2D eigenvalue weighted by Gasteiger charge is -2.30. The minimum absolute atomic E-state index is 0.0721. The van der Waals surface area contributed by atoms with Crippen LogP contribution in [-0.2, 0) is 10.2 Å². The summed E-state index contributed by atoms with van der Waals surface area (Å²) in [6, 6.07) is 16.9. The van der Waals surface area contributed by atoms with Gasteiger partial charge in [0.05, 0.1) is 11.0 Å². The summed E-state index contributed by atoms with van der Waals surface area (Å²) in [5.41, 5.74) is 1.56. The second-order valence-corrected chi connectivity index (χ2v) is 7.12. The molecule has 130 valence electrons. The molecule has 1 saturated heterocycles. The molecule has 0 radical (unpaired) electrons. The Labute approximate surface area is 148 Å². The van der Waals surface area contributed by atoms with E-state index in [4.69, 9.17) is 0 Å². The van der Waals surface area contributed by atoms with Crippen LogP contribution in [0.3, 0.4) is 0 Å². The maximum Gasteiger partial charge on any atom is 0.335 e. The van der Waals surface area contributed by atoms with E-state index in [0.717, 1.165) is 17.5 Å². The number of hydrogen-bond acceptors (Lipinski definition) is 2. The van der Waals surface area contributed by atoms with Crippen LogP contribution in [-0.4, -0.2) is 35.0 Å². The van der Waals surface area contributed by atoms with Crippen LogP contribution in [0, 0.1) is 0 Å². The molecule has 0 aromatic heterocycles. The topological polar surface area (TPSA) is 57.6 Å². The Morgan fingerprint density at radius 3 is 2.36 bits per heavy atom. The van der Waals surface area contributed by atoms with E-state index >= 15 is 0 Å². The predicted molar refractivity (Wildman–Crippen MR) is 96.8 cm³/mol. The van der Waals surface area contributed by atoms with Gasteiger partial charge in [0, 0.05) is 19.0 Å². The first-order valence-electron chi connectivity index (χ1n) is 8.58. The van der Waals surface area contributed by atoms with Crippen molar-refractivity contribution in [2.75, 3.05) is 13.1 Å². The standard InChI is InChI=1S/C21H23NO3/c1-21(2,16-8-4-3-5-9-16)20(25)22-13-12-15(14-22)17-10-6-7-11-18(17)19(23)24/h3-11,15H,12-14H2,1-2H3,(H,23,24)/t15-/m0/s1. The summed E-state index contributed by atoms with van der Waals surface area (Å²) < 4.78 is 0. The molecular formula is C21H23NO3. The number of amides is 1. The fourth-order valence-corrected chi connectivity index (χ4v) is 3.62. The first-order valence-corrected chi connectivity index (χ1v) is 8.58. The summed E-state index contributed by atoms with van der Waals surface area (Å²) in [5.74, 6) is -0.748. The van der Waals surface area contributed by atoms with Crippen molar-refractivity contribution in [1.82, 2.24) is 4.90 Å². The molecule has 1 heterocycles. The average molecular weight is 337 g/mol. The van der Waals surface area contributed by atoms with Gasteiger partial charge in [-0.3, -0.25) is 4.79 Å². The third-order valence-corrected chi connectivity index (χ3v) is 5.14.